The summed E-state index contributed by atoms with van der Waals surface area (Å²) >= 11 is 0. The molecule has 3 nitrogen and oxygen atoms in total. The van der Waals surface area contributed by atoms with Gasteiger partial charge in [0.05, 0.1) is 6.54 Å². The average molecular weight is 204 g/mol. The van der Waals surface area contributed by atoms with E-state index in [4.69, 9.17) is 0 Å². The largest absolute Gasteiger partial charge is 0.325 e. The molecule has 3 heteroatoms. The standard InChI is InChI=1S/C12H16N2O/c15-12(9-13-8-10-6-7-10)14-11-4-2-1-3-5-11/h1-5,10,13H,6-9H2,(H,14,15). The van der Waals surface area contributed by atoms with E-state index in [2.05, 4.69) is 10.6 Å². The van der Waals surface area contributed by atoms with E-state index < -0.39 is 0 Å². The van der Waals surface area contributed by atoms with E-state index in [0.717, 1.165) is 18.2 Å². The van der Waals surface area contributed by atoms with E-state index in [1.54, 1.807) is 0 Å². The molecule has 0 saturated heterocycles. The highest BCUT2D eigenvalue weighted by molar-refractivity contribution is 5.92. The molecule has 1 aromatic carbocycles. The van der Waals surface area contributed by atoms with Crippen molar-refractivity contribution in [1.29, 1.82) is 0 Å². The number of benzene rings is 1. The molecule has 0 aliphatic heterocycles. The van der Waals surface area contributed by atoms with Gasteiger partial charge in [-0.25, -0.2) is 0 Å². The van der Waals surface area contributed by atoms with Crippen molar-refractivity contribution in [2.75, 3.05) is 18.4 Å². The van der Waals surface area contributed by atoms with Crippen molar-refractivity contribution in [3.05, 3.63) is 30.3 Å². The minimum Gasteiger partial charge on any atom is -0.325 e. The topological polar surface area (TPSA) is 41.1 Å². The highest BCUT2D eigenvalue weighted by atomic mass is 16.1. The molecule has 1 aliphatic carbocycles. The minimum absolute atomic E-state index is 0.0295. The number of carbonyl (C=O) groups is 1. The summed E-state index contributed by atoms with van der Waals surface area (Å²) in [6.45, 7) is 1.38. The molecule has 0 unspecified atom stereocenters. The second-order valence-electron chi connectivity index (χ2n) is 3.99. The van der Waals surface area contributed by atoms with E-state index >= 15 is 0 Å². The maximum absolute atomic E-state index is 11.4. The van der Waals surface area contributed by atoms with Gasteiger partial charge >= 0.3 is 0 Å². The molecule has 80 valence electrons. The van der Waals surface area contributed by atoms with Crippen LogP contribution in [-0.4, -0.2) is 19.0 Å². The van der Waals surface area contributed by atoms with Crippen LogP contribution < -0.4 is 10.6 Å². The first-order chi connectivity index (χ1) is 7.34. The molecule has 0 radical (unpaired) electrons. The Morgan fingerprint density at radius 1 is 1.27 bits per heavy atom. The lowest BCUT2D eigenvalue weighted by Gasteiger charge is -2.05. The van der Waals surface area contributed by atoms with Crippen molar-refractivity contribution >= 4 is 11.6 Å². The Morgan fingerprint density at radius 2 is 2.00 bits per heavy atom. The van der Waals surface area contributed by atoms with E-state index in [9.17, 15) is 4.79 Å². The second-order valence-corrected chi connectivity index (χ2v) is 3.99. The average Bonchev–Trinajstić information content (AvgIpc) is 3.03. The number of para-hydroxylation sites is 1. The van der Waals surface area contributed by atoms with Crippen LogP contribution in [0, 0.1) is 5.92 Å². The molecule has 2 N–H and O–H groups in total. The van der Waals surface area contributed by atoms with Gasteiger partial charge in [0.15, 0.2) is 0 Å². The first kappa shape index (κ1) is 10.2. The minimum atomic E-state index is 0.0295. The fourth-order valence-corrected chi connectivity index (χ4v) is 1.44. The third kappa shape index (κ3) is 3.72. The molecule has 1 aromatic rings. The Hall–Kier alpha value is -1.35. The normalized spacial score (nSPS) is 14.9. The molecule has 0 bridgehead atoms. The first-order valence-corrected chi connectivity index (χ1v) is 5.40. The zero-order valence-corrected chi connectivity index (χ0v) is 8.70. The van der Waals surface area contributed by atoms with Gasteiger partial charge in [-0.05, 0) is 37.4 Å². The molecule has 1 saturated carbocycles. The lowest BCUT2D eigenvalue weighted by atomic mass is 10.3. The molecular weight excluding hydrogens is 188 g/mol. The van der Waals surface area contributed by atoms with Crippen LogP contribution in [-0.2, 0) is 4.79 Å². The van der Waals surface area contributed by atoms with Gasteiger partial charge in [-0.3, -0.25) is 4.79 Å². The number of rotatable bonds is 5. The molecule has 1 fully saturated rings. The van der Waals surface area contributed by atoms with Gasteiger partial charge in [-0.2, -0.15) is 0 Å². The molecular formula is C12H16N2O. The van der Waals surface area contributed by atoms with Crippen LogP contribution in [0.1, 0.15) is 12.8 Å². The number of nitrogens with one attached hydrogen (secondary N) is 2. The smallest absolute Gasteiger partial charge is 0.238 e. The Kier molecular flexibility index (Phi) is 3.35. The predicted molar refractivity (Wildman–Crippen MR) is 60.7 cm³/mol. The lowest BCUT2D eigenvalue weighted by Crippen LogP contribution is -2.29. The second kappa shape index (κ2) is 4.94. The highest BCUT2D eigenvalue weighted by Gasteiger charge is 2.20. The maximum Gasteiger partial charge on any atom is 0.238 e. The summed E-state index contributed by atoms with van der Waals surface area (Å²) in [5.41, 5.74) is 0.857. The van der Waals surface area contributed by atoms with Crippen molar-refractivity contribution in [3.8, 4) is 0 Å². The highest BCUT2D eigenvalue weighted by Crippen LogP contribution is 2.27. The van der Waals surface area contributed by atoms with Crippen LogP contribution in [0.15, 0.2) is 30.3 Å². The Bertz CT molecular complexity index is 320. The van der Waals surface area contributed by atoms with Gasteiger partial charge in [0.1, 0.15) is 0 Å². The van der Waals surface area contributed by atoms with E-state index in [-0.39, 0.29) is 5.91 Å². The van der Waals surface area contributed by atoms with Crippen LogP contribution >= 0.6 is 0 Å². The predicted octanol–water partition coefficient (Wildman–Crippen LogP) is 1.62. The summed E-state index contributed by atoms with van der Waals surface area (Å²) in [5, 5.41) is 5.99. The first-order valence-electron chi connectivity index (χ1n) is 5.40. The van der Waals surface area contributed by atoms with Gasteiger partial charge in [0.25, 0.3) is 0 Å². The molecule has 0 aromatic heterocycles. The summed E-state index contributed by atoms with van der Waals surface area (Å²) in [7, 11) is 0. The third-order valence-corrected chi connectivity index (χ3v) is 2.47. The van der Waals surface area contributed by atoms with Gasteiger partial charge < -0.3 is 10.6 Å². The van der Waals surface area contributed by atoms with Crippen molar-refractivity contribution in [2.45, 2.75) is 12.8 Å². The molecule has 15 heavy (non-hydrogen) atoms. The van der Waals surface area contributed by atoms with Gasteiger partial charge in [0, 0.05) is 5.69 Å². The van der Waals surface area contributed by atoms with Crippen molar-refractivity contribution in [1.82, 2.24) is 5.32 Å². The summed E-state index contributed by atoms with van der Waals surface area (Å²) < 4.78 is 0. The Labute approximate surface area is 89.9 Å². The fraction of sp³-hybridized carbons (Fsp3) is 0.417. The van der Waals surface area contributed by atoms with Crippen LogP contribution in [0.3, 0.4) is 0 Å². The van der Waals surface area contributed by atoms with E-state index in [1.807, 2.05) is 30.3 Å². The van der Waals surface area contributed by atoms with Crippen molar-refractivity contribution < 1.29 is 4.79 Å². The molecule has 2 rings (SSSR count). The van der Waals surface area contributed by atoms with Crippen molar-refractivity contribution in [2.24, 2.45) is 5.92 Å². The Balaban J connectivity index is 1.67. The fourth-order valence-electron chi connectivity index (χ4n) is 1.44. The summed E-state index contributed by atoms with van der Waals surface area (Å²) in [6, 6.07) is 9.53. The summed E-state index contributed by atoms with van der Waals surface area (Å²) in [5.74, 6) is 0.844. The van der Waals surface area contributed by atoms with E-state index in [1.165, 1.54) is 12.8 Å². The SMILES string of the molecule is O=C(CNCC1CC1)Nc1ccccc1. The zero-order chi connectivity index (χ0) is 10.5. The van der Waals surface area contributed by atoms with E-state index in [0.29, 0.717) is 6.54 Å². The summed E-state index contributed by atoms with van der Waals surface area (Å²) in [4.78, 5) is 11.4. The number of hydrogen-bond donors (Lipinski definition) is 2. The van der Waals surface area contributed by atoms with Gasteiger partial charge in [0.2, 0.25) is 5.91 Å². The zero-order valence-electron chi connectivity index (χ0n) is 8.70. The van der Waals surface area contributed by atoms with Crippen LogP contribution in [0.2, 0.25) is 0 Å². The van der Waals surface area contributed by atoms with Crippen LogP contribution in [0.25, 0.3) is 0 Å². The van der Waals surface area contributed by atoms with Crippen LogP contribution in [0.5, 0.6) is 0 Å². The molecule has 1 amide bonds. The monoisotopic (exact) mass is 204 g/mol. The maximum atomic E-state index is 11.4. The number of anilines is 1. The lowest BCUT2D eigenvalue weighted by molar-refractivity contribution is -0.115. The molecule has 1 aliphatic rings. The third-order valence-electron chi connectivity index (χ3n) is 2.47. The Morgan fingerprint density at radius 3 is 2.67 bits per heavy atom. The molecule has 0 spiro atoms. The quantitative estimate of drug-likeness (QED) is 0.765. The van der Waals surface area contributed by atoms with Crippen LogP contribution in [0.4, 0.5) is 5.69 Å². The molecule has 0 heterocycles. The number of amides is 1. The van der Waals surface area contributed by atoms with Gasteiger partial charge in [-0.1, -0.05) is 18.2 Å². The number of carbonyl (C=O) groups excluding carboxylic acids is 1. The summed E-state index contributed by atoms with van der Waals surface area (Å²) in [6.07, 6.45) is 2.63. The van der Waals surface area contributed by atoms with Crippen molar-refractivity contribution in [3.63, 3.8) is 0 Å². The van der Waals surface area contributed by atoms with Gasteiger partial charge in [-0.15, -0.1) is 0 Å². The molecule has 0 atom stereocenters. The number of hydrogen-bond acceptors (Lipinski definition) is 2.